The molecule has 0 radical (unpaired) electrons. The average molecular weight is 496 g/mol. The van der Waals surface area contributed by atoms with Crippen LogP contribution in [0.15, 0.2) is 61.3 Å². The van der Waals surface area contributed by atoms with Gasteiger partial charge in [0.15, 0.2) is 5.65 Å². The normalized spacial score (nSPS) is 11.7. The van der Waals surface area contributed by atoms with Crippen LogP contribution >= 0.6 is 11.3 Å². The monoisotopic (exact) mass is 495 g/mol. The maximum Gasteiger partial charge on any atom is 0.181 e. The second kappa shape index (κ2) is 9.18. The fraction of sp³-hybridized carbons (Fsp3) is 0.185. The Labute approximate surface area is 212 Å². The number of H-pyrrole nitrogens is 2. The van der Waals surface area contributed by atoms with Crippen LogP contribution in [0.25, 0.3) is 54.9 Å². The van der Waals surface area contributed by atoms with Crippen LogP contribution in [-0.4, -0.2) is 62.3 Å². The van der Waals surface area contributed by atoms with Gasteiger partial charge >= 0.3 is 0 Å². The zero-order valence-corrected chi connectivity index (χ0v) is 21.1. The Morgan fingerprint density at radius 3 is 2.64 bits per heavy atom. The summed E-state index contributed by atoms with van der Waals surface area (Å²) >= 11 is 1.77. The van der Waals surface area contributed by atoms with E-state index in [1.807, 2.05) is 44.9 Å². The van der Waals surface area contributed by atoms with Gasteiger partial charge in [-0.2, -0.15) is 5.10 Å². The van der Waals surface area contributed by atoms with Gasteiger partial charge in [0, 0.05) is 62.4 Å². The van der Waals surface area contributed by atoms with Crippen molar-refractivity contribution in [3.05, 3.63) is 66.2 Å². The number of aryl methyl sites for hydroxylation is 1. The van der Waals surface area contributed by atoms with Crippen LogP contribution in [0.2, 0.25) is 0 Å². The summed E-state index contributed by atoms with van der Waals surface area (Å²) in [6, 6.07) is 10.5. The Bertz CT molecular complexity index is 1680. The molecule has 6 heterocycles. The number of ether oxygens (including phenoxy) is 1. The molecule has 0 bridgehead atoms. The third-order valence-electron chi connectivity index (χ3n) is 6.08. The zero-order valence-electron chi connectivity index (χ0n) is 20.2. The predicted molar refractivity (Wildman–Crippen MR) is 144 cm³/mol. The number of aromatic amines is 2. The van der Waals surface area contributed by atoms with Crippen LogP contribution < -0.4 is 4.74 Å². The van der Waals surface area contributed by atoms with Crippen molar-refractivity contribution in [3.63, 3.8) is 0 Å². The molecule has 36 heavy (non-hydrogen) atoms. The summed E-state index contributed by atoms with van der Waals surface area (Å²) in [5.41, 5.74) is 6.47. The molecule has 6 aromatic rings. The number of pyridine rings is 3. The first-order valence-electron chi connectivity index (χ1n) is 11.7. The van der Waals surface area contributed by atoms with E-state index in [2.05, 4.69) is 66.2 Å². The summed E-state index contributed by atoms with van der Waals surface area (Å²) in [6.45, 7) is 3.56. The standard InChI is InChI=1S/C27H25N7OS/c1-16-4-5-25(36-16)22-14-29-15-24-20(22)10-23(31-24)26-21-9-18(12-30-27(21)33-32-26)17-8-19(13-28-11-17)35-7-6-34(2)3/h4-5,8-15,31H,6-7H2,1-3H3,(H,30,32,33). The number of thiophene rings is 1. The lowest BCUT2D eigenvalue weighted by Crippen LogP contribution is -2.19. The molecule has 0 spiro atoms. The van der Waals surface area contributed by atoms with E-state index in [1.54, 1.807) is 17.5 Å². The van der Waals surface area contributed by atoms with Crippen molar-refractivity contribution in [2.24, 2.45) is 0 Å². The van der Waals surface area contributed by atoms with E-state index in [4.69, 9.17) is 4.74 Å². The van der Waals surface area contributed by atoms with Crippen LogP contribution in [0, 0.1) is 6.92 Å². The third kappa shape index (κ3) is 4.23. The molecule has 2 N–H and O–H groups in total. The van der Waals surface area contributed by atoms with E-state index in [-0.39, 0.29) is 0 Å². The number of nitrogens with zero attached hydrogens (tertiary/aromatic N) is 5. The molecule has 0 saturated heterocycles. The lowest BCUT2D eigenvalue weighted by molar-refractivity contribution is 0.261. The van der Waals surface area contributed by atoms with Gasteiger partial charge in [-0.1, -0.05) is 0 Å². The molecule has 180 valence electrons. The van der Waals surface area contributed by atoms with Gasteiger partial charge in [-0.15, -0.1) is 11.3 Å². The number of aromatic nitrogens is 6. The van der Waals surface area contributed by atoms with Crippen molar-refractivity contribution >= 4 is 33.3 Å². The van der Waals surface area contributed by atoms with Crippen LogP contribution in [-0.2, 0) is 0 Å². The molecule has 6 aromatic heterocycles. The Balaban J connectivity index is 1.37. The number of rotatable bonds is 7. The molecule has 0 fully saturated rings. The molecular weight excluding hydrogens is 470 g/mol. The number of hydrogen-bond acceptors (Lipinski definition) is 7. The van der Waals surface area contributed by atoms with Crippen LogP contribution in [0.1, 0.15) is 4.88 Å². The Kier molecular flexibility index (Phi) is 5.71. The predicted octanol–water partition coefficient (Wildman–Crippen LogP) is 5.54. The van der Waals surface area contributed by atoms with Gasteiger partial charge in [-0.25, -0.2) is 4.98 Å². The molecule has 0 saturated carbocycles. The first-order chi connectivity index (χ1) is 17.5. The van der Waals surface area contributed by atoms with Gasteiger partial charge in [0.05, 0.1) is 29.3 Å². The molecule has 8 nitrogen and oxygen atoms in total. The van der Waals surface area contributed by atoms with E-state index >= 15 is 0 Å². The second-order valence-corrected chi connectivity index (χ2v) is 10.3. The van der Waals surface area contributed by atoms with Gasteiger partial charge in [-0.3, -0.25) is 15.1 Å². The summed E-state index contributed by atoms with van der Waals surface area (Å²) in [7, 11) is 4.05. The quantitative estimate of drug-likeness (QED) is 0.302. The minimum absolute atomic E-state index is 0.601. The van der Waals surface area contributed by atoms with Crippen LogP contribution in [0.3, 0.4) is 0 Å². The largest absolute Gasteiger partial charge is 0.491 e. The van der Waals surface area contributed by atoms with Crippen molar-refractivity contribution in [1.29, 1.82) is 0 Å². The van der Waals surface area contributed by atoms with Gasteiger partial charge in [0.1, 0.15) is 12.4 Å². The molecule has 0 aromatic carbocycles. The van der Waals surface area contributed by atoms with Crippen LogP contribution in [0.5, 0.6) is 5.75 Å². The lowest BCUT2D eigenvalue weighted by Gasteiger charge is -2.11. The molecule has 0 unspecified atom stereocenters. The van der Waals surface area contributed by atoms with Crippen molar-refractivity contribution in [3.8, 4) is 38.7 Å². The summed E-state index contributed by atoms with van der Waals surface area (Å²) < 4.78 is 5.87. The van der Waals surface area contributed by atoms with Gasteiger partial charge in [0.2, 0.25) is 0 Å². The highest BCUT2D eigenvalue weighted by atomic mass is 32.1. The average Bonchev–Trinajstić information content (AvgIpc) is 3.61. The summed E-state index contributed by atoms with van der Waals surface area (Å²) in [4.78, 5) is 21.5. The van der Waals surface area contributed by atoms with Gasteiger partial charge in [-0.05, 0) is 51.4 Å². The van der Waals surface area contributed by atoms with E-state index in [0.29, 0.717) is 12.3 Å². The molecule has 0 aliphatic carbocycles. The topological polar surface area (TPSA) is 95.6 Å². The number of fused-ring (bicyclic) bond motifs is 2. The first kappa shape index (κ1) is 22.4. The summed E-state index contributed by atoms with van der Waals surface area (Å²) in [5.74, 6) is 0.737. The van der Waals surface area contributed by atoms with Crippen molar-refractivity contribution in [2.75, 3.05) is 27.2 Å². The minimum atomic E-state index is 0.601. The SMILES string of the molecule is Cc1ccc(-c2cncc3[nH]c(-c4[nH]nc5ncc(-c6cncc(OCCN(C)C)c6)cc45)cc23)s1. The van der Waals surface area contributed by atoms with E-state index < -0.39 is 0 Å². The smallest absolute Gasteiger partial charge is 0.181 e. The second-order valence-electron chi connectivity index (χ2n) is 9.00. The highest BCUT2D eigenvalue weighted by Crippen LogP contribution is 2.36. The molecule has 9 heteroatoms. The third-order valence-corrected chi connectivity index (χ3v) is 7.12. The Morgan fingerprint density at radius 2 is 1.81 bits per heavy atom. The molecule has 0 aliphatic heterocycles. The Hall–Kier alpha value is -4.08. The van der Waals surface area contributed by atoms with E-state index in [0.717, 1.165) is 56.7 Å². The fourth-order valence-corrected chi connectivity index (χ4v) is 5.12. The van der Waals surface area contributed by atoms with Crippen molar-refractivity contribution in [1.82, 2.24) is 35.0 Å². The molecule has 0 aliphatic rings. The number of likely N-dealkylation sites (N-methyl/N-ethyl adjacent to an activating group) is 1. The Morgan fingerprint density at radius 1 is 0.944 bits per heavy atom. The van der Waals surface area contributed by atoms with Crippen molar-refractivity contribution in [2.45, 2.75) is 6.92 Å². The summed E-state index contributed by atoms with van der Waals surface area (Å²) in [5, 5.41) is 9.68. The first-order valence-corrected chi connectivity index (χ1v) is 12.5. The highest BCUT2D eigenvalue weighted by Gasteiger charge is 2.16. The maximum atomic E-state index is 5.87. The van der Waals surface area contributed by atoms with Gasteiger partial charge in [0.25, 0.3) is 0 Å². The van der Waals surface area contributed by atoms with Crippen molar-refractivity contribution < 1.29 is 4.74 Å². The summed E-state index contributed by atoms with van der Waals surface area (Å²) in [6.07, 6.45) is 9.17. The van der Waals surface area contributed by atoms with E-state index in [9.17, 15) is 0 Å². The number of nitrogens with one attached hydrogen (secondary N) is 2. The van der Waals surface area contributed by atoms with E-state index in [1.165, 1.54) is 9.75 Å². The van der Waals surface area contributed by atoms with Gasteiger partial charge < -0.3 is 14.6 Å². The highest BCUT2D eigenvalue weighted by molar-refractivity contribution is 7.15. The molecule has 0 atom stereocenters. The maximum absolute atomic E-state index is 5.87. The number of hydrogen-bond donors (Lipinski definition) is 2. The lowest BCUT2D eigenvalue weighted by atomic mass is 10.1. The van der Waals surface area contributed by atoms with Crippen LogP contribution in [0.4, 0.5) is 0 Å². The molecule has 0 amide bonds. The zero-order chi connectivity index (χ0) is 24.6. The molecule has 6 rings (SSSR count). The molecular formula is C27H25N7OS. The minimum Gasteiger partial charge on any atom is -0.491 e. The fourth-order valence-electron chi connectivity index (χ4n) is 4.23.